The maximum atomic E-state index is 11.9. The lowest BCUT2D eigenvalue weighted by atomic mass is 10.2. The van der Waals surface area contributed by atoms with Gasteiger partial charge in [-0.3, -0.25) is 4.79 Å². The van der Waals surface area contributed by atoms with Gasteiger partial charge in [-0.25, -0.2) is 0 Å². The summed E-state index contributed by atoms with van der Waals surface area (Å²) in [7, 11) is 4.02. The highest BCUT2D eigenvalue weighted by molar-refractivity contribution is 5.91. The number of amides is 1. The normalized spacial score (nSPS) is 10.1. The Hall–Kier alpha value is -2.49. The number of hydrogen-bond acceptors (Lipinski definition) is 3. The van der Waals surface area contributed by atoms with E-state index in [0.717, 1.165) is 22.6 Å². The van der Waals surface area contributed by atoms with Crippen LogP contribution in [0.25, 0.3) is 0 Å². The molecule has 0 unspecified atom stereocenters. The van der Waals surface area contributed by atoms with Crippen LogP contribution in [0.5, 0.6) is 0 Å². The lowest BCUT2D eigenvalue weighted by Crippen LogP contribution is -2.16. The lowest BCUT2D eigenvalue weighted by molar-refractivity contribution is -0.115. The van der Waals surface area contributed by atoms with Gasteiger partial charge in [0.25, 0.3) is 0 Å². The molecule has 2 N–H and O–H groups in total. The molecular formula is C18H23N3O. The standard InChI is InChI=1S/C18H23N3O/c1-14-5-4-6-16(13-14)20-18(22)11-12-19-15-7-9-17(10-8-15)21(2)3/h4-10,13,19H,11-12H2,1-3H3,(H,20,22). The Kier molecular flexibility index (Phi) is 5.42. The summed E-state index contributed by atoms with van der Waals surface area (Å²) in [5, 5.41) is 6.17. The molecule has 0 spiro atoms. The van der Waals surface area contributed by atoms with Crippen molar-refractivity contribution in [1.82, 2.24) is 0 Å². The van der Waals surface area contributed by atoms with Crippen molar-refractivity contribution >= 4 is 23.0 Å². The van der Waals surface area contributed by atoms with E-state index in [9.17, 15) is 4.79 Å². The first kappa shape index (κ1) is 15.9. The van der Waals surface area contributed by atoms with Crippen molar-refractivity contribution in [3.63, 3.8) is 0 Å². The van der Waals surface area contributed by atoms with Gasteiger partial charge < -0.3 is 15.5 Å². The van der Waals surface area contributed by atoms with Crippen molar-refractivity contribution in [2.75, 3.05) is 36.2 Å². The fourth-order valence-electron chi connectivity index (χ4n) is 2.14. The Labute approximate surface area is 132 Å². The number of nitrogens with zero attached hydrogens (tertiary/aromatic N) is 1. The molecule has 0 bridgehead atoms. The van der Waals surface area contributed by atoms with E-state index in [-0.39, 0.29) is 5.91 Å². The number of aryl methyl sites for hydroxylation is 1. The summed E-state index contributed by atoms with van der Waals surface area (Å²) in [5.74, 6) is 0.0167. The Balaban J connectivity index is 1.77. The van der Waals surface area contributed by atoms with Gasteiger partial charge in [0.05, 0.1) is 0 Å². The molecule has 0 atom stereocenters. The maximum absolute atomic E-state index is 11.9. The first-order chi connectivity index (χ1) is 10.5. The molecule has 4 nitrogen and oxygen atoms in total. The van der Waals surface area contributed by atoms with E-state index in [0.29, 0.717) is 13.0 Å². The molecule has 0 saturated carbocycles. The van der Waals surface area contributed by atoms with Crippen molar-refractivity contribution in [1.29, 1.82) is 0 Å². The van der Waals surface area contributed by atoms with Gasteiger partial charge in [-0.2, -0.15) is 0 Å². The summed E-state index contributed by atoms with van der Waals surface area (Å²) in [6.07, 6.45) is 0.434. The first-order valence-corrected chi connectivity index (χ1v) is 7.42. The van der Waals surface area contributed by atoms with Crippen LogP contribution >= 0.6 is 0 Å². The zero-order chi connectivity index (χ0) is 15.9. The Bertz CT molecular complexity index is 620. The number of carbonyl (C=O) groups excluding carboxylic acids is 1. The number of hydrogen-bond donors (Lipinski definition) is 2. The molecule has 0 aliphatic heterocycles. The highest BCUT2D eigenvalue weighted by Crippen LogP contribution is 2.15. The average Bonchev–Trinajstić information content (AvgIpc) is 2.47. The zero-order valence-electron chi connectivity index (χ0n) is 13.4. The Morgan fingerprint density at radius 1 is 1.05 bits per heavy atom. The molecule has 0 aliphatic carbocycles. The number of anilines is 3. The van der Waals surface area contributed by atoms with Crippen molar-refractivity contribution in [3.8, 4) is 0 Å². The SMILES string of the molecule is Cc1cccc(NC(=O)CCNc2ccc(N(C)C)cc2)c1. The van der Waals surface area contributed by atoms with Crippen molar-refractivity contribution in [3.05, 3.63) is 54.1 Å². The smallest absolute Gasteiger partial charge is 0.226 e. The summed E-state index contributed by atoms with van der Waals surface area (Å²) in [5.41, 5.74) is 4.16. The average molecular weight is 297 g/mol. The van der Waals surface area contributed by atoms with E-state index >= 15 is 0 Å². The zero-order valence-corrected chi connectivity index (χ0v) is 13.4. The van der Waals surface area contributed by atoms with E-state index in [1.165, 1.54) is 0 Å². The lowest BCUT2D eigenvalue weighted by Gasteiger charge is -2.13. The fourth-order valence-corrected chi connectivity index (χ4v) is 2.14. The summed E-state index contributed by atoms with van der Waals surface area (Å²) < 4.78 is 0. The summed E-state index contributed by atoms with van der Waals surface area (Å²) in [6, 6.07) is 16.0. The van der Waals surface area contributed by atoms with Gasteiger partial charge in [0.2, 0.25) is 5.91 Å². The van der Waals surface area contributed by atoms with E-state index in [4.69, 9.17) is 0 Å². The van der Waals surface area contributed by atoms with Gasteiger partial charge >= 0.3 is 0 Å². The molecule has 0 fully saturated rings. The second kappa shape index (κ2) is 7.50. The molecular weight excluding hydrogens is 274 g/mol. The molecule has 0 aromatic heterocycles. The van der Waals surface area contributed by atoms with Crippen LogP contribution < -0.4 is 15.5 Å². The van der Waals surface area contributed by atoms with Crippen LogP contribution in [0.1, 0.15) is 12.0 Å². The van der Waals surface area contributed by atoms with Crippen molar-refractivity contribution in [2.45, 2.75) is 13.3 Å². The molecule has 0 aliphatic rings. The Morgan fingerprint density at radius 3 is 2.41 bits per heavy atom. The van der Waals surface area contributed by atoms with Crippen LogP contribution in [0.15, 0.2) is 48.5 Å². The molecule has 2 aromatic carbocycles. The molecule has 116 valence electrons. The van der Waals surface area contributed by atoms with E-state index < -0.39 is 0 Å². The number of nitrogens with one attached hydrogen (secondary N) is 2. The predicted octanol–water partition coefficient (Wildman–Crippen LogP) is 3.50. The minimum atomic E-state index is 0.0167. The van der Waals surface area contributed by atoms with Gasteiger partial charge in [0.1, 0.15) is 0 Å². The van der Waals surface area contributed by atoms with E-state index in [2.05, 4.69) is 27.7 Å². The first-order valence-electron chi connectivity index (χ1n) is 7.42. The monoisotopic (exact) mass is 297 g/mol. The Morgan fingerprint density at radius 2 is 1.77 bits per heavy atom. The van der Waals surface area contributed by atoms with E-state index in [1.54, 1.807) is 0 Å². The van der Waals surface area contributed by atoms with Crippen LogP contribution in [0.2, 0.25) is 0 Å². The number of rotatable bonds is 6. The van der Waals surface area contributed by atoms with Crippen molar-refractivity contribution < 1.29 is 4.79 Å². The third-order valence-corrected chi connectivity index (χ3v) is 3.37. The van der Waals surface area contributed by atoms with Gasteiger partial charge in [0.15, 0.2) is 0 Å². The molecule has 2 rings (SSSR count). The highest BCUT2D eigenvalue weighted by Gasteiger charge is 2.02. The number of carbonyl (C=O) groups is 1. The summed E-state index contributed by atoms with van der Waals surface area (Å²) in [4.78, 5) is 14.0. The molecule has 0 radical (unpaired) electrons. The van der Waals surface area contributed by atoms with Crippen LogP contribution in [0.3, 0.4) is 0 Å². The van der Waals surface area contributed by atoms with Gasteiger partial charge in [-0.1, -0.05) is 12.1 Å². The second-order valence-electron chi connectivity index (χ2n) is 5.54. The molecule has 2 aromatic rings. The van der Waals surface area contributed by atoms with Crippen LogP contribution in [-0.4, -0.2) is 26.5 Å². The summed E-state index contributed by atoms with van der Waals surface area (Å²) >= 11 is 0. The fraction of sp³-hybridized carbons (Fsp3) is 0.278. The third-order valence-electron chi connectivity index (χ3n) is 3.37. The third kappa shape index (κ3) is 4.81. The summed E-state index contributed by atoms with van der Waals surface area (Å²) in [6.45, 7) is 2.62. The van der Waals surface area contributed by atoms with Gasteiger partial charge in [-0.05, 0) is 48.9 Å². The minimum absolute atomic E-state index is 0.0167. The minimum Gasteiger partial charge on any atom is -0.385 e. The van der Waals surface area contributed by atoms with Gasteiger partial charge in [0, 0.05) is 44.1 Å². The van der Waals surface area contributed by atoms with Gasteiger partial charge in [-0.15, -0.1) is 0 Å². The van der Waals surface area contributed by atoms with Crippen LogP contribution in [0.4, 0.5) is 17.1 Å². The molecule has 4 heteroatoms. The quantitative estimate of drug-likeness (QED) is 0.857. The van der Waals surface area contributed by atoms with Crippen molar-refractivity contribution in [2.24, 2.45) is 0 Å². The van der Waals surface area contributed by atoms with Crippen LogP contribution in [-0.2, 0) is 4.79 Å². The predicted molar refractivity (Wildman–Crippen MR) is 93.7 cm³/mol. The molecule has 22 heavy (non-hydrogen) atoms. The topological polar surface area (TPSA) is 44.4 Å². The highest BCUT2D eigenvalue weighted by atomic mass is 16.1. The van der Waals surface area contributed by atoms with E-state index in [1.807, 2.05) is 57.4 Å². The second-order valence-corrected chi connectivity index (χ2v) is 5.54. The van der Waals surface area contributed by atoms with Crippen LogP contribution in [0, 0.1) is 6.92 Å². The molecule has 0 saturated heterocycles. The molecule has 0 heterocycles. The number of benzene rings is 2. The maximum Gasteiger partial charge on any atom is 0.226 e. The molecule has 1 amide bonds. The largest absolute Gasteiger partial charge is 0.385 e.